The van der Waals surface area contributed by atoms with Crippen LogP contribution in [0.5, 0.6) is 0 Å². The van der Waals surface area contributed by atoms with Gasteiger partial charge in [-0.3, -0.25) is 0 Å². The number of aromatic nitrogens is 6. The second kappa shape index (κ2) is 7.51. The number of aryl methyl sites for hydroxylation is 2. The van der Waals surface area contributed by atoms with E-state index in [1.807, 2.05) is 16.8 Å². The Labute approximate surface area is 142 Å². The van der Waals surface area contributed by atoms with E-state index < -0.39 is 0 Å². The van der Waals surface area contributed by atoms with Gasteiger partial charge in [-0.2, -0.15) is 0 Å². The summed E-state index contributed by atoms with van der Waals surface area (Å²) in [4.78, 5) is 0. The number of nitrogens with zero attached hydrogens (tertiary/aromatic N) is 6. The summed E-state index contributed by atoms with van der Waals surface area (Å²) in [5.41, 5.74) is 2.24. The van der Waals surface area contributed by atoms with Crippen molar-refractivity contribution >= 4 is 33.9 Å². The highest BCUT2D eigenvalue weighted by molar-refractivity contribution is 8.00. The fourth-order valence-electron chi connectivity index (χ4n) is 1.92. The van der Waals surface area contributed by atoms with Crippen molar-refractivity contribution in [3.8, 4) is 0 Å². The molecule has 0 bridgehead atoms. The van der Waals surface area contributed by atoms with Crippen LogP contribution in [0.15, 0.2) is 28.6 Å². The van der Waals surface area contributed by atoms with Crippen LogP contribution in [0.1, 0.15) is 24.7 Å². The number of nitrogens with one attached hydrogen (secondary N) is 1. The van der Waals surface area contributed by atoms with Crippen molar-refractivity contribution in [1.82, 2.24) is 30.4 Å². The van der Waals surface area contributed by atoms with Crippen LogP contribution in [0.4, 0.5) is 10.8 Å². The van der Waals surface area contributed by atoms with Gasteiger partial charge in [0.1, 0.15) is 0 Å². The SMILES string of the molecule is CCCn1nnnc1CSc1nnc(Nc2ccc(C)cc2)s1. The second-order valence-corrected chi connectivity index (χ2v) is 7.17. The van der Waals surface area contributed by atoms with E-state index in [2.05, 4.69) is 57.0 Å². The molecule has 0 spiro atoms. The summed E-state index contributed by atoms with van der Waals surface area (Å²) in [7, 11) is 0. The first-order valence-corrected chi connectivity index (χ1v) is 9.10. The third kappa shape index (κ3) is 4.26. The van der Waals surface area contributed by atoms with Crippen LogP contribution < -0.4 is 5.32 Å². The van der Waals surface area contributed by atoms with E-state index in [0.717, 1.165) is 33.9 Å². The van der Waals surface area contributed by atoms with Crippen LogP contribution in [0.3, 0.4) is 0 Å². The van der Waals surface area contributed by atoms with Gasteiger partial charge in [0.25, 0.3) is 0 Å². The quantitative estimate of drug-likeness (QED) is 0.657. The predicted octanol–water partition coefficient (Wildman–Crippen LogP) is 3.28. The van der Waals surface area contributed by atoms with Crippen LogP contribution in [0.25, 0.3) is 0 Å². The summed E-state index contributed by atoms with van der Waals surface area (Å²) in [6, 6.07) is 8.18. The van der Waals surface area contributed by atoms with E-state index in [0.29, 0.717) is 5.75 Å². The van der Waals surface area contributed by atoms with Gasteiger partial charge in [-0.25, -0.2) is 4.68 Å². The van der Waals surface area contributed by atoms with Gasteiger partial charge in [0.15, 0.2) is 10.2 Å². The number of hydrogen-bond donors (Lipinski definition) is 1. The molecule has 0 aliphatic heterocycles. The number of anilines is 2. The van der Waals surface area contributed by atoms with Gasteiger partial charge < -0.3 is 5.32 Å². The molecule has 2 aromatic heterocycles. The van der Waals surface area contributed by atoms with Gasteiger partial charge in [0.05, 0.1) is 5.75 Å². The van der Waals surface area contributed by atoms with E-state index in [-0.39, 0.29) is 0 Å². The molecular weight excluding hydrogens is 330 g/mol. The molecule has 0 amide bonds. The van der Waals surface area contributed by atoms with E-state index >= 15 is 0 Å². The Morgan fingerprint density at radius 1 is 1.17 bits per heavy atom. The van der Waals surface area contributed by atoms with Crippen molar-refractivity contribution in [2.75, 3.05) is 5.32 Å². The first-order chi connectivity index (χ1) is 11.2. The zero-order chi connectivity index (χ0) is 16.1. The number of benzene rings is 1. The highest BCUT2D eigenvalue weighted by Gasteiger charge is 2.09. The Bertz CT molecular complexity index is 751. The lowest BCUT2D eigenvalue weighted by atomic mass is 10.2. The molecule has 0 saturated heterocycles. The van der Waals surface area contributed by atoms with Gasteiger partial charge in [-0.05, 0) is 35.9 Å². The minimum atomic E-state index is 0.687. The summed E-state index contributed by atoms with van der Waals surface area (Å²) in [6.07, 6.45) is 1.01. The van der Waals surface area contributed by atoms with E-state index in [1.165, 1.54) is 16.9 Å². The molecule has 0 aliphatic carbocycles. The van der Waals surface area contributed by atoms with Crippen molar-refractivity contribution in [1.29, 1.82) is 0 Å². The lowest BCUT2D eigenvalue weighted by Gasteiger charge is -2.01. The number of rotatable bonds is 7. The van der Waals surface area contributed by atoms with Gasteiger partial charge >= 0.3 is 0 Å². The van der Waals surface area contributed by atoms with Crippen molar-refractivity contribution < 1.29 is 0 Å². The monoisotopic (exact) mass is 347 g/mol. The maximum absolute atomic E-state index is 4.20. The summed E-state index contributed by atoms with van der Waals surface area (Å²) in [5.74, 6) is 1.55. The van der Waals surface area contributed by atoms with Crippen molar-refractivity contribution in [3.05, 3.63) is 35.7 Å². The maximum Gasteiger partial charge on any atom is 0.210 e. The first kappa shape index (κ1) is 15.9. The molecule has 0 aliphatic rings. The van der Waals surface area contributed by atoms with Crippen LogP contribution in [0, 0.1) is 6.92 Å². The average molecular weight is 347 g/mol. The highest BCUT2D eigenvalue weighted by Crippen LogP contribution is 2.29. The van der Waals surface area contributed by atoms with Crippen molar-refractivity contribution in [2.45, 2.75) is 36.9 Å². The molecule has 0 unspecified atom stereocenters. The zero-order valence-electron chi connectivity index (χ0n) is 12.9. The van der Waals surface area contributed by atoms with Gasteiger partial charge in [0, 0.05) is 12.2 Å². The van der Waals surface area contributed by atoms with Crippen LogP contribution in [-0.2, 0) is 12.3 Å². The standard InChI is InChI=1S/C14H17N7S2/c1-3-8-21-12(16-19-20-21)9-22-14-18-17-13(23-14)15-11-6-4-10(2)5-7-11/h4-7H,3,8-9H2,1-2H3,(H,15,17). The fraction of sp³-hybridized carbons (Fsp3) is 0.357. The van der Waals surface area contributed by atoms with E-state index in [9.17, 15) is 0 Å². The molecule has 0 fully saturated rings. The minimum Gasteiger partial charge on any atom is -0.330 e. The molecule has 0 radical (unpaired) electrons. The lowest BCUT2D eigenvalue weighted by Crippen LogP contribution is -2.04. The molecule has 3 rings (SSSR count). The predicted molar refractivity (Wildman–Crippen MR) is 92.0 cm³/mol. The molecule has 23 heavy (non-hydrogen) atoms. The molecule has 3 aromatic rings. The van der Waals surface area contributed by atoms with Crippen LogP contribution in [0.2, 0.25) is 0 Å². The molecule has 1 N–H and O–H groups in total. The molecule has 7 nitrogen and oxygen atoms in total. The van der Waals surface area contributed by atoms with Gasteiger partial charge in [-0.15, -0.1) is 15.3 Å². The summed E-state index contributed by atoms with van der Waals surface area (Å²) in [5, 5.41) is 24.2. The molecular formula is C14H17N7S2. The number of thioether (sulfide) groups is 1. The summed E-state index contributed by atoms with van der Waals surface area (Å²) in [6.45, 7) is 5.00. The second-order valence-electron chi connectivity index (χ2n) is 4.97. The van der Waals surface area contributed by atoms with Crippen LogP contribution in [-0.4, -0.2) is 30.4 Å². The molecule has 0 atom stereocenters. The fourth-order valence-corrected chi connectivity index (χ4v) is 3.62. The van der Waals surface area contributed by atoms with Gasteiger partial charge in [-0.1, -0.05) is 47.7 Å². The normalized spacial score (nSPS) is 10.9. The van der Waals surface area contributed by atoms with Crippen molar-refractivity contribution in [2.24, 2.45) is 0 Å². The summed E-state index contributed by atoms with van der Waals surface area (Å²) < 4.78 is 2.73. The largest absolute Gasteiger partial charge is 0.330 e. The summed E-state index contributed by atoms with van der Waals surface area (Å²) >= 11 is 3.12. The highest BCUT2D eigenvalue weighted by atomic mass is 32.2. The third-order valence-corrected chi connectivity index (χ3v) is 5.04. The number of tetrazole rings is 1. The average Bonchev–Trinajstić information content (AvgIpc) is 3.17. The van der Waals surface area contributed by atoms with Crippen molar-refractivity contribution in [3.63, 3.8) is 0 Å². The molecule has 0 saturated carbocycles. The first-order valence-electron chi connectivity index (χ1n) is 7.29. The van der Waals surface area contributed by atoms with Crippen LogP contribution >= 0.6 is 23.1 Å². The van der Waals surface area contributed by atoms with Gasteiger partial charge in [0.2, 0.25) is 5.13 Å². The molecule has 9 heteroatoms. The third-order valence-electron chi connectivity index (χ3n) is 3.08. The minimum absolute atomic E-state index is 0.687. The van der Waals surface area contributed by atoms with E-state index in [4.69, 9.17) is 0 Å². The topological polar surface area (TPSA) is 81.4 Å². The lowest BCUT2D eigenvalue weighted by molar-refractivity contribution is 0.564. The Morgan fingerprint density at radius 3 is 2.78 bits per heavy atom. The maximum atomic E-state index is 4.20. The molecule has 1 aromatic carbocycles. The molecule has 120 valence electrons. The Kier molecular flexibility index (Phi) is 5.19. The zero-order valence-corrected chi connectivity index (χ0v) is 14.6. The number of hydrogen-bond acceptors (Lipinski definition) is 8. The Hall–Kier alpha value is -2.00. The Balaban J connectivity index is 1.58. The smallest absolute Gasteiger partial charge is 0.210 e. The molecule has 2 heterocycles. The Morgan fingerprint density at radius 2 is 2.00 bits per heavy atom. The van der Waals surface area contributed by atoms with E-state index in [1.54, 1.807) is 11.8 Å².